The molecule has 1 heterocycles. The van der Waals surface area contributed by atoms with Crippen molar-refractivity contribution in [3.05, 3.63) is 0 Å². The van der Waals surface area contributed by atoms with Crippen molar-refractivity contribution >= 4 is 6.41 Å². The Balaban J connectivity index is 2.12. The van der Waals surface area contributed by atoms with E-state index in [0.29, 0.717) is 0 Å². The third-order valence-corrected chi connectivity index (χ3v) is 2.11. The number of carbonyl (C=O) groups excluding carboxylic acids is 1. The van der Waals surface area contributed by atoms with Crippen molar-refractivity contribution in [2.45, 2.75) is 0 Å². The van der Waals surface area contributed by atoms with E-state index in [0.717, 1.165) is 39.3 Å². The van der Waals surface area contributed by atoms with Gasteiger partial charge in [-0.3, -0.25) is 9.69 Å². The SMILES string of the molecule is COCCN1CCN([C]=O)CC1. The summed E-state index contributed by atoms with van der Waals surface area (Å²) >= 11 is 0. The van der Waals surface area contributed by atoms with Gasteiger partial charge in [-0.1, -0.05) is 0 Å². The Kier molecular flexibility index (Phi) is 4.04. The topological polar surface area (TPSA) is 32.8 Å². The zero-order chi connectivity index (χ0) is 8.81. The summed E-state index contributed by atoms with van der Waals surface area (Å²) in [6.45, 7) is 5.21. The Morgan fingerprint density at radius 3 is 2.50 bits per heavy atom. The Morgan fingerprint density at radius 2 is 2.00 bits per heavy atom. The van der Waals surface area contributed by atoms with Crippen molar-refractivity contribution < 1.29 is 9.53 Å². The van der Waals surface area contributed by atoms with Gasteiger partial charge in [-0.25, -0.2) is 0 Å². The second-order valence-electron chi connectivity index (χ2n) is 2.91. The second-order valence-corrected chi connectivity index (χ2v) is 2.91. The van der Waals surface area contributed by atoms with Crippen LogP contribution in [0, 0.1) is 0 Å². The zero-order valence-electron chi connectivity index (χ0n) is 7.45. The van der Waals surface area contributed by atoms with Gasteiger partial charge in [-0.15, -0.1) is 0 Å². The first kappa shape index (κ1) is 9.48. The Hall–Kier alpha value is -0.610. The highest BCUT2D eigenvalue weighted by atomic mass is 16.5. The third-order valence-electron chi connectivity index (χ3n) is 2.11. The molecule has 0 aromatic carbocycles. The van der Waals surface area contributed by atoms with Crippen LogP contribution in [0.15, 0.2) is 0 Å². The Bertz CT molecular complexity index is 133. The van der Waals surface area contributed by atoms with E-state index in [4.69, 9.17) is 4.74 Å². The number of rotatable bonds is 4. The van der Waals surface area contributed by atoms with Gasteiger partial charge in [-0.2, -0.15) is 0 Å². The lowest BCUT2D eigenvalue weighted by Crippen LogP contribution is -2.46. The van der Waals surface area contributed by atoms with Gasteiger partial charge in [0.25, 0.3) is 0 Å². The average molecular weight is 171 g/mol. The fourth-order valence-corrected chi connectivity index (χ4v) is 1.28. The van der Waals surface area contributed by atoms with Crippen LogP contribution in [0.25, 0.3) is 0 Å². The van der Waals surface area contributed by atoms with E-state index in [9.17, 15) is 4.79 Å². The molecule has 1 amide bonds. The molecule has 1 aliphatic rings. The Morgan fingerprint density at radius 1 is 1.33 bits per heavy atom. The van der Waals surface area contributed by atoms with Crippen LogP contribution >= 0.6 is 0 Å². The predicted octanol–water partition coefficient (Wildman–Crippen LogP) is -0.682. The number of nitrogens with zero attached hydrogens (tertiary/aromatic N) is 2. The maximum Gasteiger partial charge on any atom is 0.312 e. The molecule has 1 radical (unpaired) electrons. The van der Waals surface area contributed by atoms with E-state index >= 15 is 0 Å². The summed E-state index contributed by atoms with van der Waals surface area (Å²) in [4.78, 5) is 14.2. The predicted molar refractivity (Wildman–Crippen MR) is 45.6 cm³/mol. The molecule has 4 nitrogen and oxygen atoms in total. The maximum absolute atomic E-state index is 10.2. The summed E-state index contributed by atoms with van der Waals surface area (Å²) in [6, 6.07) is 0. The average Bonchev–Trinajstić information content (AvgIpc) is 2.15. The minimum absolute atomic E-state index is 0.769. The zero-order valence-corrected chi connectivity index (χ0v) is 7.45. The van der Waals surface area contributed by atoms with Gasteiger partial charge in [-0.05, 0) is 0 Å². The van der Waals surface area contributed by atoms with Crippen LogP contribution in [0.4, 0.5) is 0 Å². The first-order valence-corrected chi connectivity index (χ1v) is 4.21. The van der Waals surface area contributed by atoms with Gasteiger partial charge in [0.1, 0.15) is 0 Å². The fraction of sp³-hybridized carbons (Fsp3) is 0.875. The lowest BCUT2D eigenvalue weighted by molar-refractivity contribution is 0.119. The van der Waals surface area contributed by atoms with Gasteiger partial charge in [0, 0.05) is 39.8 Å². The van der Waals surface area contributed by atoms with E-state index in [1.54, 1.807) is 12.0 Å². The van der Waals surface area contributed by atoms with Gasteiger partial charge in [0.15, 0.2) is 0 Å². The number of ether oxygens (including phenoxy) is 1. The lowest BCUT2D eigenvalue weighted by Gasteiger charge is -2.31. The molecule has 0 aromatic rings. The van der Waals surface area contributed by atoms with E-state index in [1.165, 1.54) is 0 Å². The molecule has 0 unspecified atom stereocenters. The van der Waals surface area contributed by atoms with Crippen molar-refractivity contribution in [3.8, 4) is 0 Å². The third kappa shape index (κ3) is 2.79. The molecule has 1 rings (SSSR count). The molecule has 0 aliphatic carbocycles. The van der Waals surface area contributed by atoms with Crippen molar-refractivity contribution in [1.29, 1.82) is 0 Å². The van der Waals surface area contributed by atoms with E-state index in [1.807, 2.05) is 6.41 Å². The maximum atomic E-state index is 10.2. The summed E-state index contributed by atoms with van der Waals surface area (Å²) in [5, 5.41) is 0. The summed E-state index contributed by atoms with van der Waals surface area (Å²) in [5.41, 5.74) is 0. The highest BCUT2D eigenvalue weighted by Crippen LogP contribution is 1.98. The molecule has 1 fully saturated rings. The minimum Gasteiger partial charge on any atom is -0.383 e. The highest BCUT2D eigenvalue weighted by Gasteiger charge is 2.14. The first-order chi connectivity index (χ1) is 5.86. The molecular formula is C8H15N2O2. The largest absolute Gasteiger partial charge is 0.383 e. The van der Waals surface area contributed by atoms with Gasteiger partial charge in [0.2, 0.25) is 0 Å². The lowest BCUT2D eigenvalue weighted by atomic mass is 10.3. The summed E-state index contributed by atoms with van der Waals surface area (Å²) in [5.74, 6) is 0. The van der Waals surface area contributed by atoms with Crippen molar-refractivity contribution in [1.82, 2.24) is 9.80 Å². The number of methoxy groups -OCH3 is 1. The summed E-state index contributed by atoms with van der Waals surface area (Å²) in [7, 11) is 1.70. The molecule has 0 bridgehead atoms. The molecule has 0 aromatic heterocycles. The molecule has 4 heteroatoms. The van der Waals surface area contributed by atoms with E-state index in [-0.39, 0.29) is 0 Å². The van der Waals surface area contributed by atoms with Crippen LogP contribution in [-0.4, -0.2) is 62.7 Å². The number of hydrogen-bond donors (Lipinski definition) is 0. The van der Waals surface area contributed by atoms with Crippen LogP contribution in [0.5, 0.6) is 0 Å². The summed E-state index contributed by atoms with van der Waals surface area (Å²) < 4.78 is 4.97. The van der Waals surface area contributed by atoms with Crippen molar-refractivity contribution in [2.24, 2.45) is 0 Å². The molecule has 1 aliphatic heterocycles. The van der Waals surface area contributed by atoms with Gasteiger partial charge >= 0.3 is 6.41 Å². The van der Waals surface area contributed by atoms with E-state index < -0.39 is 0 Å². The summed E-state index contributed by atoms with van der Waals surface area (Å²) in [6.07, 6.45) is 1.91. The minimum atomic E-state index is 0.769. The Labute approximate surface area is 73.1 Å². The van der Waals surface area contributed by atoms with E-state index in [2.05, 4.69) is 4.90 Å². The standard InChI is InChI=1S/C8H15N2O2/c1-12-7-6-9-2-4-10(8-11)5-3-9/h2-7H2,1H3. The molecule has 0 atom stereocenters. The van der Waals surface area contributed by atoms with Gasteiger partial charge < -0.3 is 9.64 Å². The van der Waals surface area contributed by atoms with Crippen LogP contribution in [0.3, 0.4) is 0 Å². The monoisotopic (exact) mass is 171 g/mol. The number of amides is 1. The molecular weight excluding hydrogens is 156 g/mol. The quantitative estimate of drug-likeness (QED) is 0.561. The van der Waals surface area contributed by atoms with Crippen molar-refractivity contribution in [2.75, 3.05) is 46.4 Å². The second kappa shape index (κ2) is 5.11. The van der Waals surface area contributed by atoms with Crippen LogP contribution < -0.4 is 0 Å². The fourth-order valence-electron chi connectivity index (χ4n) is 1.28. The van der Waals surface area contributed by atoms with Crippen LogP contribution in [0.1, 0.15) is 0 Å². The number of piperazine rings is 1. The molecule has 12 heavy (non-hydrogen) atoms. The highest BCUT2D eigenvalue weighted by molar-refractivity contribution is 5.48. The molecule has 1 saturated heterocycles. The van der Waals surface area contributed by atoms with Crippen molar-refractivity contribution in [3.63, 3.8) is 0 Å². The number of hydrogen-bond acceptors (Lipinski definition) is 3. The van der Waals surface area contributed by atoms with Crippen LogP contribution in [-0.2, 0) is 9.53 Å². The normalized spacial score (nSPS) is 19.6. The van der Waals surface area contributed by atoms with Crippen LogP contribution in [0.2, 0.25) is 0 Å². The molecule has 0 N–H and O–H groups in total. The first-order valence-electron chi connectivity index (χ1n) is 4.21. The molecule has 0 saturated carbocycles. The molecule has 0 spiro atoms. The van der Waals surface area contributed by atoms with Gasteiger partial charge in [0.05, 0.1) is 6.61 Å². The smallest absolute Gasteiger partial charge is 0.312 e. The molecule has 69 valence electrons.